The van der Waals surface area contributed by atoms with Crippen LogP contribution in [0.4, 0.5) is 4.79 Å². The number of carbonyl (C=O) groups is 1. The van der Waals surface area contributed by atoms with E-state index in [1.807, 2.05) is 12.1 Å². The lowest BCUT2D eigenvalue weighted by molar-refractivity contribution is 0.123. The van der Waals surface area contributed by atoms with E-state index < -0.39 is 0 Å². The van der Waals surface area contributed by atoms with Crippen LogP contribution in [0.25, 0.3) is 0 Å². The highest BCUT2D eigenvalue weighted by atomic mass is 16.5. The van der Waals surface area contributed by atoms with Gasteiger partial charge in [-0.1, -0.05) is 0 Å². The third-order valence-corrected chi connectivity index (χ3v) is 4.55. The van der Waals surface area contributed by atoms with Gasteiger partial charge >= 0.3 is 6.03 Å². The molecule has 1 aromatic heterocycles. The lowest BCUT2D eigenvalue weighted by Crippen LogP contribution is -2.45. The molecule has 6 heteroatoms. The zero-order valence-electron chi connectivity index (χ0n) is 12.7. The van der Waals surface area contributed by atoms with Crippen molar-refractivity contribution in [2.45, 2.75) is 6.54 Å². The molecule has 0 spiro atoms. The highest BCUT2D eigenvalue weighted by molar-refractivity contribution is 5.73. The van der Waals surface area contributed by atoms with Crippen LogP contribution in [0.2, 0.25) is 0 Å². The molecule has 0 unspecified atom stereocenters. The molecule has 2 fully saturated rings. The van der Waals surface area contributed by atoms with Crippen molar-refractivity contribution >= 4 is 6.03 Å². The first-order valence-corrected chi connectivity index (χ1v) is 7.37. The van der Waals surface area contributed by atoms with E-state index in [9.17, 15) is 4.79 Å². The maximum absolute atomic E-state index is 11.8. The molecule has 2 aliphatic heterocycles. The Balaban J connectivity index is 1.61. The Morgan fingerprint density at radius 1 is 1.57 bits per heavy atom. The lowest BCUT2D eigenvalue weighted by atomic mass is 9.81. The average molecular weight is 293 g/mol. The Labute approximate surface area is 125 Å². The van der Waals surface area contributed by atoms with Crippen LogP contribution in [0.1, 0.15) is 5.76 Å². The number of carbonyl (C=O) groups excluding carboxylic acids is 1. The summed E-state index contributed by atoms with van der Waals surface area (Å²) in [7, 11) is 3.51. The number of hydrogen-bond donors (Lipinski definition) is 1. The van der Waals surface area contributed by atoms with Crippen molar-refractivity contribution in [3.8, 4) is 0 Å². The number of nitrogens with zero attached hydrogens (tertiary/aromatic N) is 2. The molecule has 116 valence electrons. The van der Waals surface area contributed by atoms with Crippen molar-refractivity contribution in [3.05, 3.63) is 24.2 Å². The smallest absolute Gasteiger partial charge is 0.316 e. The van der Waals surface area contributed by atoms with E-state index in [4.69, 9.17) is 9.15 Å². The summed E-state index contributed by atoms with van der Waals surface area (Å²) in [6, 6.07) is 3.88. The number of nitrogens with one attached hydrogen (secondary N) is 1. The fraction of sp³-hybridized carbons (Fsp3) is 0.667. The van der Waals surface area contributed by atoms with E-state index in [1.165, 1.54) is 0 Å². The number of rotatable bonds is 4. The number of amides is 2. The Morgan fingerprint density at radius 2 is 2.43 bits per heavy atom. The SMILES string of the molecule is CN(C)C(=O)NC[C@@]12COC[C@@H]1CN(Cc1ccco1)C2. The quantitative estimate of drug-likeness (QED) is 0.900. The van der Waals surface area contributed by atoms with Crippen molar-refractivity contribution in [2.75, 3.05) is 46.9 Å². The predicted octanol–water partition coefficient (Wildman–Crippen LogP) is 0.999. The number of urea groups is 1. The summed E-state index contributed by atoms with van der Waals surface area (Å²) < 4.78 is 11.1. The third-order valence-electron chi connectivity index (χ3n) is 4.55. The summed E-state index contributed by atoms with van der Waals surface area (Å²) in [5.41, 5.74) is 0.0399. The molecule has 0 radical (unpaired) electrons. The van der Waals surface area contributed by atoms with Gasteiger partial charge in [0.25, 0.3) is 0 Å². The van der Waals surface area contributed by atoms with E-state index in [0.29, 0.717) is 12.5 Å². The van der Waals surface area contributed by atoms with Crippen LogP contribution in [-0.4, -0.2) is 62.8 Å². The molecule has 0 bridgehead atoms. The first kappa shape index (κ1) is 14.4. The van der Waals surface area contributed by atoms with Gasteiger partial charge in [-0.2, -0.15) is 0 Å². The number of fused-ring (bicyclic) bond motifs is 1. The zero-order chi connectivity index (χ0) is 14.9. The minimum absolute atomic E-state index is 0.0399. The fourth-order valence-electron chi connectivity index (χ4n) is 3.35. The van der Waals surface area contributed by atoms with Crippen molar-refractivity contribution in [3.63, 3.8) is 0 Å². The van der Waals surface area contributed by atoms with Crippen molar-refractivity contribution in [2.24, 2.45) is 11.3 Å². The molecule has 2 saturated heterocycles. The second-order valence-electron chi connectivity index (χ2n) is 6.38. The summed E-state index contributed by atoms with van der Waals surface area (Å²) in [5, 5.41) is 3.02. The highest BCUT2D eigenvalue weighted by Crippen LogP contribution is 2.41. The molecule has 3 rings (SSSR count). The Bertz CT molecular complexity index is 488. The molecule has 1 aromatic rings. The monoisotopic (exact) mass is 293 g/mol. The number of likely N-dealkylation sites (tertiary alicyclic amines) is 1. The number of furan rings is 1. The minimum atomic E-state index is -0.0421. The van der Waals surface area contributed by atoms with Crippen molar-refractivity contribution in [1.82, 2.24) is 15.1 Å². The average Bonchev–Trinajstić information content (AvgIpc) is 3.12. The molecule has 0 aromatic carbocycles. The van der Waals surface area contributed by atoms with Crippen LogP contribution in [-0.2, 0) is 11.3 Å². The van der Waals surface area contributed by atoms with Crippen LogP contribution < -0.4 is 5.32 Å². The topological polar surface area (TPSA) is 58.0 Å². The second-order valence-corrected chi connectivity index (χ2v) is 6.38. The van der Waals surface area contributed by atoms with E-state index >= 15 is 0 Å². The molecule has 6 nitrogen and oxygen atoms in total. The lowest BCUT2D eigenvalue weighted by Gasteiger charge is -2.28. The zero-order valence-corrected chi connectivity index (χ0v) is 12.7. The van der Waals surface area contributed by atoms with Crippen molar-refractivity contribution < 1.29 is 13.9 Å². The largest absolute Gasteiger partial charge is 0.468 e. The Kier molecular flexibility index (Phi) is 3.91. The summed E-state index contributed by atoms with van der Waals surface area (Å²) in [5.74, 6) is 1.47. The molecule has 3 heterocycles. The third kappa shape index (κ3) is 2.91. The number of ether oxygens (including phenoxy) is 1. The maximum atomic E-state index is 11.8. The Morgan fingerprint density at radius 3 is 3.14 bits per heavy atom. The second kappa shape index (κ2) is 5.69. The van der Waals surface area contributed by atoms with E-state index in [1.54, 1.807) is 25.3 Å². The molecule has 2 atom stereocenters. The summed E-state index contributed by atoms with van der Waals surface area (Å²) in [6.45, 7) is 4.94. The minimum Gasteiger partial charge on any atom is -0.468 e. The van der Waals surface area contributed by atoms with Gasteiger partial charge in [-0.05, 0) is 12.1 Å². The van der Waals surface area contributed by atoms with Crippen LogP contribution in [0.15, 0.2) is 22.8 Å². The van der Waals surface area contributed by atoms with Gasteiger partial charge < -0.3 is 19.4 Å². The summed E-state index contributed by atoms with van der Waals surface area (Å²) in [4.78, 5) is 15.7. The van der Waals surface area contributed by atoms with Gasteiger partial charge in [0.15, 0.2) is 0 Å². The number of hydrogen-bond acceptors (Lipinski definition) is 4. The van der Waals surface area contributed by atoms with E-state index in [2.05, 4.69) is 10.2 Å². The molecule has 0 aliphatic carbocycles. The van der Waals surface area contributed by atoms with Crippen LogP contribution >= 0.6 is 0 Å². The molecule has 2 aliphatic rings. The van der Waals surface area contributed by atoms with Gasteiger partial charge in [0.05, 0.1) is 26.0 Å². The standard InChI is InChI=1S/C15H23N3O3/c1-17(2)14(19)16-9-15-10-18(6-12(15)8-20-11-15)7-13-4-3-5-21-13/h3-5,12H,6-11H2,1-2H3,(H,16,19)/t12-,15+/m0/s1. The van der Waals surface area contributed by atoms with Crippen LogP contribution in [0.5, 0.6) is 0 Å². The van der Waals surface area contributed by atoms with Gasteiger partial charge in [-0.3, -0.25) is 4.90 Å². The molecular weight excluding hydrogens is 270 g/mol. The first-order chi connectivity index (χ1) is 10.1. The van der Waals surface area contributed by atoms with Gasteiger partial charge in [-0.25, -0.2) is 4.79 Å². The maximum Gasteiger partial charge on any atom is 0.316 e. The van der Waals surface area contributed by atoms with Gasteiger partial charge in [0.1, 0.15) is 5.76 Å². The summed E-state index contributed by atoms with van der Waals surface area (Å²) >= 11 is 0. The Hall–Kier alpha value is -1.53. The van der Waals surface area contributed by atoms with Crippen LogP contribution in [0.3, 0.4) is 0 Å². The van der Waals surface area contributed by atoms with Crippen molar-refractivity contribution in [1.29, 1.82) is 0 Å². The summed E-state index contributed by atoms with van der Waals surface area (Å²) in [6.07, 6.45) is 1.71. The molecule has 1 N–H and O–H groups in total. The molecule has 2 amide bonds. The van der Waals surface area contributed by atoms with Gasteiger partial charge in [0.2, 0.25) is 0 Å². The van der Waals surface area contributed by atoms with E-state index in [-0.39, 0.29) is 11.4 Å². The van der Waals surface area contributed by atoms with Gasteiger partial charge in [0, 0.05) is 45.1 Å². The molecule has 0 saturated carbocycles. The highest BCUT2D eigenvalue weighted by Gasteiger charge is 2.50. The fourth-order valence-corrected chi connectivity index (χ4v) is 3.35. The predicted molar refractivity (Wildman–Crippen MR) is 77.8 cm³/mol. The van der Waals surface area contributed by atoms with E-state index in [0.717, 1.165) is 38.6 Å². The first-order valence-electron chi connectivity index (χ1n) is 7.37. The molecular formula is C15H23N3O3. The normalized spacial score (nSPS) is 28.6. The van der Waals surface area contributed by atoms with Gasteiger partial charge in [-0.15, -0.1) is 0 Å². The molecule has 21 heavy (non-hydrogen) atoms. The van der Waals surface area contributed by atoms with Crippen LogP contribution in [0, 0.1) is 11.3 Å².